The van der Waals surface area contributed by atoms with Crippen LogP contribution >= 0.6 is 11.8 Å². The van der Waals surface area contributed by atoms with Gasteiger partial charge in [0, 0.05) is 4.90 Å². The van der Waals surface area contributed by atoms with Crippen molar-refractivity contribution in [3.05, 3.63) is 77.4 Å². The summed E-state index contributed by atoms with van der Waals surface area (Å²) in [7, 11) is 0. The van der Waals surface area contributed by atoms with Gasteiger partial charge in [-0.2, -0.15) is 0 Å². The molecule has 0 saturated carbocycles. The minimum absolute atomic E-state index is 0.212. The molecule has 0 amide bonds. The number of fused-ring (bicyclic) bond motifs is 1. The van der Waals surface area contributed by atoms with Crippen molar-refractivity contribution < 1.29 is 14.6 Å². The van der Waals surface area contributed by atoms with Crippen molar-refractivity contribution in [2.75, 3.05) is 13.0 Å². The van der Waals surface area contributed by atoms with E-state index in [0.717, 1.165) is 27.8 Å². The molecular weight excluding hydrogens is 344 g/mol. The molecule has 1 aliphatic heterocycles. The summed E-state index contributed by atoms with van der Waals surface area (Å²) in [4.78, 5) is 1.20. The second-order valence-electron chi connectivity index (χ2n) is 6.34. The molecule has 1 unspecified atom stereocenters. The number of hydrogen-bond acceptors (Lipinski definition) is 4. The van der Waals surface area contributed by atoms with E-state index in [1.165, 1.54) is 4.90 Å². The normalized spacial score (nSPS) is 13.7. The van der Waals surface area contributed by atoms with E-state index in [0.29, 0.717) is 11.5 Å². The van der Waals surface area contributed by atoms with Crippen LogP contribution < -0.4 is 9.47 Å². The predicted molar refractivity (Wildman–Crippen MR) is 105 cm³/mol. The lowest BCUT2D eigenvalue weighted by atomic mass is 9.91. The van der Waals surface area contributed by atoms with E-state index < -0.39 is 6.10 Å². The Morgan fingerprint density at radius 1 is 0.962 bits per heavy atom. The number of benzene rings is 3. The SMILES string of the molecule is CSc1ccc(-c2cc3c(cc2C(O)c2cccc(C)c2)OCO3)cc1. The standard InChI is InChI=1S/C22H20O3S/c1-14-4-3-5-16(10-14)22(23)19-12-21-20(24-13-25-21)11-18(19)15-6-8-17(26-2)9-7-15/h3-12,22-23H,13H2,1-2H3. The zero-order chi connectivity index (χ0) is 18.1. The quantitative estimate of drug-likeness (QED) is 0.646. The van der Waals surface area contributed by atoms with Gasteiger partial charge in [-0.05, 0) is 59.7 Å². The van der Waals surface area contributed by atoms with Gasteiger partial charge in [-0.15, -0.1) is 11.8 Å². The Morgan fingerprint density at radius 2 is 1.69 bits per heavy atom. The molecule has 0 fully saturated rings. The van der Waals surface area contributed by atoms with Crippen LogP contribution in [-0.2, 0) is 0 Å². The summed E-state index contributed by atoms with van der Waals surface area (Å²) >= 11 is 1.71. The average molecular weight is 364 g/mol. The van der Waals surface area contributed by atoms with Crippen LogP contribution in [0.1, 0.15) is 22.8 Å². The molecule has 0 spiro atoms. The van der Waals surface area contributed by atoms with Gasteiger partial charge in [-0.3, -0.25) is 0 Å². The van der Waals surface area contributed by atoms with Crippen molar-refractivity contribution in [1.29, 1.82) is 0 Å². The molecule has 1 aliphatic rings. The Balaban J connectivity index is 1.84. The molecule has 1 N–H and O–H groups in total. The highest BCUT2D eigenvalue weighted by atomic mass is 32.2. The molecule has 3 nitrogen and oxygen atoms in total. The molecule has 26 heavy (non-hydrogen) atoms. The topological polar surface area (TPSA) is 38.7 Å². The van der Waals surface area contributed by atoms with Gasteiger partial charge in [0.1, 0.15) is 6.10 Å². The maximum absolute atomic E-state index is 11.1. The fraction of sp³-hybridized carbons (Fsp3) is 0.182. The highest BCUT2D eigenvalue weighted by Gasteiger charge is 2.23. The van der Waals surface area contributed by atoms with Gasteiger partial charge in [0.05, 0.1) is 0 Å². The van der Waals surface area contributed by atoms with Crippen LogP contribution in [0.15, 0.2) is 65.6 Å². The van der Waals surface area contributed by atoms with Crippen molar-refractivity contribution in [3.8, 4) is 22.6 Å². The summed E-state index contributed by atoms with van der Waals surface area (Å²) in [6.45, 7) is 2.24. The number of rotatable bonds is 4. The second-order valence-corrected chi connectivity index (χ2v) is 7.22. The number of hydrogen-bond donors (Lipinski definition) is 1. The highest BCUT2D eigenvalue weighted by Crippen LogP contribution is 2.42. The summed E-state index contributed by atoms with van der Waals surface area (Å²) in [5.74, 6) is 1.39. The van der Waals surface area contributed by atoms with Crippen LogP contribution in [0.2, 0.25) is 0 Å². The van der Waals surface area contributed by atoms with Gasteiger partial charge in [-0.25, -0.2) is 0 Å². The number of aryl methyl sites for hydroxylation is 1. The van der Waals surface area contributed by atoms with E-state index in [4.69, 9.17) is 9.47 Å². The van der Waals surface area contributed by atoms with Gasteiger partial charge in [-0.1, -0.05) is 42.0 Å². The zero-order valence-corrected chi connectivity index (χ0v) is 15.5. The number of aliphatic hydroxyl groups is 1. The monoisotopic (exact) mass is 364 g/mol. The van der Waals surface area contributed by atoms with Gasteiger partial charge in [0.2, 0.25) is 6.79 Å². The minimum Gasteiger partial charge on any atom is -0.454 e. The summed E-state index contributed by atoms with van der Waals surface area (Å²) < 4.78 is 11.1. The third-order valence-corrected chi connectivity index (χ3v) is 5.34. The molecule has 1 heterocycles. The smallest absolute Gasteiger partial charge is 0.231 e. The maximum atomic E-state index is 11.1. The third-order valence-electron chi connectivity index (χ3n) is 4.60. The molecule has 4 rings (SSSR count). The molecule has 0 saturated heterocycles. The fourth-order valence-electron chi connectivity index (χ4n) is 3.22. The first-order chi connectivity index (χ1) is 12.7. The van der Waals surface area contributed by atoms with E-state index >= 15 is 0 Å². The molecule has 0 bridgehead atoms. The lowest BCUT2D eigenvalue weighted by Crippen LogP contribution is -2.02. The van der Waals surface area contributed by atoms with Gasteiger partial charge < -0.3 is 14.6 Å². The Labute approximate surface area is 157 Å². The van der Waals surface area contributed by atoms with Gasteiger partial charge in [0.25, 0.3) is 0 Å². The molecule has 4 heteroatoms. The first-order valence-corrected chi connectivity index (χ1v) is 9.71. The largest absolute Gasteiger partial charge is 0.454 e. The van der Waals surface area contributed by atoms with Crippen LogP contribution in [0.25, 0.3) is 11.1 Å². The van der Waals surface area contributed by atoms with E-state index in [2.05, 4.69) is 30.5 Å². The van der Waals surface area contributed by atoms with E-state index in [9.17, 15) is 5.11 Å². The zero-order valence-electron chi connectivity index (χ0n) is 14.7. The van der Waals surface area contributed by atoms with Crippen LogP contribution in [0.4, 0.5) is 0 Å². The average Bonchev–Trinajstić information content (AvgIpc) is 3.14. The van der Waals surface area contributed by atoms with Gasteiger partial charge in [0.15, 0.2) is 11.5 Å². The summed E-state index contributed by atoms with van der Waals surface area (Å²) in [5.41, 5.74) is 4.80. The number of ether oxygens (including phenoxy) is 2. The Hall–Kier alpha value is -2.43. The predicted octanol–water partition coefficient (Wildman–Crippen LogP) is 5.19. The number of thioether (sulfide) groups is 1. The lowest BCUT2D eigenvalue weighted by molar-refractivity contribution is 0.173. The van der Waals surface area contributed by atoms with Crippen LogP contribution in [-0.4, -0.2) is 18.2 Å². The van der Waals surface area contributed by atoms with E-state index in [1.807, 2.05) is 43.3 Å². The molecule has 3 aromatic carbocycles. The fourth-order valence-corrected chi connectivity index (χ4v) is 3.63. The molecule has 0 radical (unpaired) electrons. The van der Waals surface area contributed by atoms with E-state index in [-0.39, 0.29) is 6.79 Å². The summed E-state index contributed by atoms with van der Waals surface area (Å²) in [6.07, 6.45) is 1.32. The summed E-state index contributed by atoms with van der Waals surface area (Å²) in [6, 6.07) is 20.1. The maximum Gasteiger partial charge on any atom is 0.231 e. The Morgan fingerprint density at radius 3 is 2.38 bits per heavy atom. The molecule has 0 aromatic heterocycles. The van der Waals surface area contributed by atoms with Crippen LogP contribution in [0.5, 0.6) is 11.5 Å². The summed E-state index contributed by atoms with van der Waals surface area (Å²) in [5, 5.41) is 11.1. The first kappa shape index (κ1) is 17.0. The number of aliphatic hydroxyl groups excluding tert-OH is 1. The second kappa shape index (κ2) is 7.06. The minimum atomic E-state index is -0.736. The van der Waals surface area contributed by atoms with Crippen LogP contribution in [0.3, 0.4) is 0 Å². The molecule has 0 aliphatic carbocycles. The van der Waals surface area contributed by atoms with Crippen LogP contribution in [0, 0.1) is 6.92 Å². The van der Waals surface area contributed by atoms with Crippen molar-refractivity contribution >= 4 is 11.8 Å². The third kappa shape index (κ3) is 3.18. The molecule has 132 valence electrons. The van der Waals surface area contributed by atoms with Gasteiger partial charge >= 0.3 is 0 Å². The molecule has 3 aromatic rings. The van der Waals surface area contributed by atoms with Crippen molar-refractivity contribution in [3.63, 3.8) is 0 Å². The Kier molecular flexibility index (Phi) is 4.62. The molecular formula is C22H20O3S. The Bertz CT molecular complexity index is 935. The van der Waals surface area contributed by atoms with Crippen molar-refractivity contribution in [1.82, 2.24) is 0 Å². The van der Waals surface area contributed by atoms with E-state index in [1.54, 1.807) is 11.8 Å². The first-order valence-electron chi connectivity index (χ1n) is 8.48. The van der Waals surface area contributed by atoms with Crippen molar-refractivity contribution in [2.45, 2.75) is 17.9 Å². The van der Waals surface area contributed by atoms with Crippen molar-refractivity contribution in [2.24, 2.45) is 0 Å². The lowest BCUT2D eigenvalue weighted by Gasteiger charge is -2.18. The highest BCUT2D eigenvalue weighted by molar-refractivity contribution is 7.98. The molecule has 1 atom stereocenters.